The van der Waals surface area contributed by atoms with Gasteiger partial charge in [-0.2, -0.15) is 0 Å². The Balaban J connectivity index is 2.04. The molecule has 0 radical (unpaired) electrons. The number of aryl methyl sites for hydroxylation is 1. The number of carbonyl (C=O) groups excluding carboxylic acids is 3. The second-order valence-corrected chi connectivity index (χ2v) is 7.30. The van der Waals surface area contributed by atoms with Crippen LogP contribution in [0.3, 0.4) is 0 Å². The number of halogens is 1. The third-order valence-electron chi connectivity index (χ3n) is 4.14. The number of hydrogen-bond acceptors (Lipinski definition) is 3. The Morgan fingerprint density at radius 1 is 0.893 bits per heavy atom. The number of carbonyl (C=O) groups is 3. The Morgan fingerprint density at radius 2 is 1.50 bits per heavy atom. The summed E-state index contributed by atoms with van der Waals surface area (Å²) in [5, 5.41) is 3.03. The van der Waals surface area contributed by atoms with E-state index in [0.29, 0.717) is 12.0 Å². The minimum atomic E-state index is -0.793. The van der Waals surface area contributed by atoms with Gasteiger partial charge in [0.15, 0.2) is 0 Å². The van der Waals surface area contributed by atoms with Crippen LogP contribution in [0.15, 0.2) is 48.5 Å². The van der Waals surface area contributed by atoms with Crippen LogP contribution in [0.1, 0.15) is 46.5 Å². The van der Waals surface area contributed by atoms with Gasteiger partial charge in [-0.3, -0.25) is 25.2 Å². The summed E-state index contributed by atoms with van der Waals surface area (Å²) in [5.41, 5.74) is 6.28. The minimum absolute atomic E-state index is 0.159. The molecular weight excluding hydrogens is 378 g/mol. The maximum absolute atomic E-state index is 12.6. The van der Waals surface area contributed by atoms with Crippen LogP contribution in [-0.4, -0.2) is 23.8 Å². The fourth-order valence-corrected chi connectivity index (χ4v) is 2.91. The van der Waals surface area contributed by atoms with Crippen LogP contribution >= 0.6 is 11.6 Å². The lowest BCUT2D eigenvalue weighted by atomic mass is 10.0. The van der Waals surface area contributed by atoms with Crippen molar-refractivity contribution in [1.82, 2.24) is 16.2 Å². The second-order valence-electron chi connectivity index (χ2n) is 6.89. The van der Waals surface area contributed by atoms with Crippen molar-refractivity contribution in [2.75, 3.05) is 0 Å². The minimum Gasteiger partial charge on any atom is -0.340 e. The second kappa shape index (κ2) is 9.90. The average molecular weight is 402 g/mol. The first-order valence-corrected chi connectivity index (χ1v) is 9.38. The molecule has 7 heteroatoms. The molecular formula is C21H24ClN3O3. The van der Waals surface area contributed by atoms with Crippen molar-refractivity contribution in [2.45, 2.75) is 33.2 Å². The number of hydrazine groups is 1. The van der Waals surface area contributed by atoms with Crippen LogP contribution in [0, 0.1) is 12.8 Å². The highest BCUT2D eigenvalue weighted by Crippen LogP contribution is 2.14. The van der Waals surface area contributed by atoms with Crippen molar-refractivity contribution in [3.05, 3.63) is 70.2 Å². The van der Waals surface area contributed by atoms with Crippen molar-refractivity contribution in [3.63, 3.8) is 0 Å². The Bertz CT molecular complexity index is 867. The van der Waals surface area contributed by atoms with Crippen molar-refractivity contribution in [3.8, 4) is 0 Å². The average Bonchev–Trinajstić information content (AvgIpc) is 2.65. The number of benzene rings is 2. The van der Waals surface area contributed by atoms with Crippen LogP contribution in [0.25, 0.3) is 0 Å². The standard InChI is InChI=1S/C21H24ClN3O3/c1-13(2)12-18(23-19(26)15-9-5-4-8-14(15)3)21(28)25-24-20(27)16-10-6-7-11-17(16)22/h4-11,13,18H,12H2,1-3H3,(H,23,26)(H,24,27)(H,25,28)/t18-/m0/s1. The van der Waals surface area contributed by atoms with E-state index in [1.807, 2.05) is 32.9 Å². The van der Waals surface area contributed by atoms with Crippen molar-refractivity contribution >= 4 is 29.3 Å². The van der Waals surface area contributed by atoms with E-state index in [0.717, 1.165) is 5.56 Å². The topological polar surface area (TPSA) is 87.3 Å². The molecule has 2 aromatic carbocycles. The maximum Gasteiger partial charge on any atom is 0.271 e. The molecule has 0 bridgehead atoms. The summed E-state index contributed by atoms with van der Waals surface area (Å²) in [6, 6.07) is 12.9. The molecule has 3 amide bonds. The molecule has 0 saturated carbocycles. The van der Waals surface area contributed by atoms with E-state index in [1.54, 1.807) is 36.4 Å². The molecule has 0 fully saturated rings. The van der Waals surface area contributed by atoms with Crippen molar-refractivity contribution in [2.24, 2.45) is 5.92 Å². The SMILES string of the molecule is Cc1ccccc1C(=O)N[C@@H](CC(C)C)C(=O)NNC(=O)c1ccccc1Cl. The van der Waals surface area contributed by atoms with Gasteiger partial charge in [0.05, 0.1) is 10.6 Å². The van der Waals surface area contributed by atoms with Gasteiger partial charge in [-0.1, -0.05) is 55.8 Å². The van der Waals surface area contributed by atoms with E-state index in [-0.39, 0.29) is 22.4 Å². The molecule has 6 nitrogen and oxygen atoms in total. The van der Waals surface area contributed by atoms with Gasteiger partial charge in [0.1, 0.15) is 6.04 Å². The molecule has 28 heavy (non-hydrogen) atoms. The first kappa shape index (κ1) is 21.4. The van der Waals surface area contributed by atoms with Crippen molar-refractivity contribution in [1.29, 1.82) is 0 Å². The predicted octanol–water partition coefficient (Wildman–Crippen LogP) is 3.25. The zero-order valence-electron chi connectivity index (χ0n) is 16.1. The zero-order valence-corrected chi connectivity index (χ0v) is 16.8. The lowest BCUT2D eigenvalue weighted by molar-refractivity contribution is -0.124. The number of amides is 3. The van der Waals surface area contributed by atoms with E-state index in [1.165, 1.54) is 0 Å². The lowest BCUT2D eigenvalue weighted by Gasteiger charge is -2.21. The predicted molar refractivity (Wildman–Crippen MR) is 109 cm³/mol. The highest BCUT2D eigenvalue weighted by molar-refractivity contribution is 6.33. The van der Waals surface area contributed by atoms with E-state index >= 15 is 0 Å². The summed E-state index contributed by atoms with van der Waals surface area (Å²) in [6.07, 6.45) is 0.422. The molecule has 2 aromatic rings. The Hall–Kier alpha value is -2.86. The molecule has 0 aliphatic rings. The Kier molecular flexibility index (Phi) is 7.58. The van der Waals surface area contributed by atoms with E-state index < -0.39 is 17.9 Å². The van der Waals surface area contributed by atoms with Crippen LogP contribution in [0.4, 0.5) is 0 Å². The maximum atomic E-state index is 12.6. The highest BCUT2D eigenvalue weighted by Gasteiger charge is 2.24. The molecule has 2 rings (SSSR count). The number of hydrogen-bond donors (Lipinski definition) is 3. The number of rotatable bonds is 6. The Morgan fingerprint density at radius 3 is 2.11 bits per heavy atom. The highest BCUT2D eigenvalue weighted by atomic mass is 35.5. The zero-order chi connectivity index (χ0) is 20.7. The van der Waals surface area contributed by atoms with Gasteiger partial charge < -0.3 is 5.32 Å². The summed E-state index contributed by atoms with van der Waals surface area (Å²) in [4.78, 5) is 37.4. The summed E-state index contributed by atoms with van der Waals surface area (Å²) < 4.78 is 0. The lowest BCUT2D eigenvalue weighted by Crippen LogP contribution is -2.52. The van der Waals surface area contributed by atoms with E-state index in [2.05, 4.69) is 16.2 Å². The summed E-state index contributed by atoms with van der Waals surface area (Å²) in [5.74, 6) is -1.22. The molecule has 0 heterocycles. The van der Waals surface area contributed by atoms with Crippen LogP contribution < -0.4 is 16.2 Å². The first-order valence-electron chi connectivity index (χ1n) is 9.00. The Labute approximate surface area is 169 Å². The molecule has 0 aromatic heterocycles. The quantitative estimate of drug-likeness (QED) is 0.649. The largest absolute Gasteiger partial charge is 0.340 e. The molecule has 0 aliphatic heterocycles. The van der Waals surface area contributed by atoms with Crippen LogP contribution in [-0.2, 0) is 4.79 Å². The molecule has 148 valence electrons. The summed E-state index contributed by atoms with van der Waals surface area (Å²) in [7, 11) is 0. The third-order valence-corrected chi connectivity index (χ3v) is 4.47. The smallest absolute Gasteiger partial charge is 0.271 e. The summed E-state index contributed by atoms with van der Waals surface area (Å²) >= 11 is 5.99. The molecule has 1 atom stereocenters. The molecule has 3 N–H and O–H groups in total. The summed E-state index contributed by atoms with van der Waals surface area (Å²) in [6.45, 7) is 5.72. The van der Waals surface area contributed by atoms with Gasteiger partial charge in [0, 0.05) is 5.56 Å². The third kappa shape index (κ3) is 5.82. The monoisotopic (exact) mass is 401 g/mol. The molecule has 0 aliphatic carbocycles. The molecule has 0 unspecified atom stereocenters. The van der Waals surface area contributed by atoms with E-state index in [9.17, 15) is 14.4 Å². The number of nitrogens with one attached hydrogen (secondary N) is 3. The molecule has 0 spiro atoms. The van der Waals surface area contributed by atoms with Gasteiger partial charge in [0.2, 0.25) is 0 Å². The fraction of sp³-hybridized carbons (Fsp3) is 0.286. The first-order chi connectivity index (χ1) is 13.3. The van der Waals surface area contributed by atoms with Gasteiger partial charge in [-0.15, -0.1) is 0 Å². The van der Waals surface area contributed by atoms with Crippen molar-refractivity contribution < 1.29 is 14.4 Å². The molecule has 0 saturated heterocycles. The van der Waals surface area contributed by atoms with Crippen LogP contribution in [0.5, 0.6) is 0 Å². The van der Waals surface area contributed by atoms with E-state index in [4.69, 9.17) is 11.6 Å². The van der Waals surface area contributed by atoms with Gasteiger partial charge >= 0.3 is 0 Å². The van der Waals surface area contributed by atoms with Crippen LogP contribution in [0.2, 0.25) is 5.02 Å². The van der Waals surface area contributed by atoms with Gasteiger partial charge in [-0.05, 0) is 43.0 Å². The fourth-order valence-electron chi connectivity index (χ4n) is 2.68. The van der Waals surface area contributed by atoms with Gasteiger partial charge in [0.25, 0.3) is 17.7 Å². The van der Waals surface area contributed by atoms with Gasteiger partial charge in [-0.25, -0.2) is 0 Å². The normalized spacial score (nSPS) is 11.6.